The van der Waals surface area contributed by atoms with Gasteiger partial charge in [-0.1, -0.05) is 24.3 Å². The van der Waals surface area contributed by atoms with Crippen LogP contribution in [0.1, 0.15) is 12.5 Å². The smallest absolute Gasteiger partial charge is 0.161 e. The van der Waals surface area contributed by atoms with Gasteiger partial charge in [0.2, 0.25) is 0 Å². The Morgan fingerprint density at radius 2 is 1.62 bits per heavy atom. The molecule has 0 fully saturated rings. The van der Waals surface area contributed by atoms with Crippen molar-refractivity contribution in [3.63, 3.8) is 0 Å². The van der Waals surface area contributed by atoms with E-state index in [2.05, 4.69) is 24.3 Å². The van der Waals surface area contributed by atoms with E-state index in [1.165, 1.54) is 4.90 Å². The predicted octanol–water partition coefficient (Wildman–Crippen LogP) is 3.72. The van der Waals surface area contributed by atoms with Crippen LogP contribution in [0.3, 0.4) is 0 Å². The second kappa shape index (κ2) is 8.60. The van der Waals surface area contributed by atoms with E-state index < -0.39 is 0 Å². The topological polar surface area (TPSA) is 44.5 Å². The molecule has 112 valence electrons. The Morgan fingerprint density at radius 3 is 2.24 bits per heavy atom. The molecule has 2 aromatic carbocycles. The van der Waals surface area contributed by atoms with Crippen LogP contribution in [0.2, 0.25) is 0 Å². The summed E-state index contributed by atoms with van der Waals surface area (Å²) < 4.78 is 11.3. The van der Waals surface area contributed by atoms with Gasteiger partial charge in [0.25, 0.3) is 0 Å². The van der Waals surface area contributed by atoms with Crippen LogP contribution in [-0.4, -0.2) is 19.0 Å². The highest BCUT2D eigenvalue weighted by atomic mass is 32.2. The van der Waals surface area contributed by atoms with Crippen LogP contribution in [-0.2, 0) is 6.54 Å². The molecule has 0 radical (unpaired) electrons. The van der Waals surface area contributed by atoms with Gasteiger partial charge in [0.05, 0.1) is 13.2 Å². The predicted molar refractivity (Wildman–Crippen MR) is 88.2 cm³/mol. The first-order chi connectivity index (χ1) is 10.3. The molecule has 0 aliphatic rings. The first-order valence-corrected chi connectivity index (χ1v) is 8.08. The fraction of sp³-hybridized carbons (Fsp3) is 0.294. The third-order valence-electron chi connectivity index (χ3n) is 2.92. The summed E-state index contributed by atoms with van der Waals surface area (Å²) in [6, 6.07) is 16.1. The Bertz CT molecular complexity index is 543. The summed E-state index contributed by atoms with van der Waals surface area (Å²) >= 11 is 1.77. The highest BCUT2D eigenvalue weighted by molar-refractivity contribution is 7.99. The summed E-state index contributed by atoms with van der Waals surface area (Å²) in [5, 5.41) is 0. The molecule has 4 heteroatoms. The molecule has 0 spiro atoms. The molecule has 0 bridgehead atoms. The van der Waals surface area contributed by atoms with Gasteiger partial charge in [-0.15, -0.1) is 11.8 Å². The average molecular weight is 303 g/mol. The Labute approximate surface area is 130 Å². The Kier molecular flexibility index (Phi) is 6.44. The molecule has 0 aromatic heterocycles. The van der Waals surface area contributed by atoms with Gasteiger partial charge in [0.15, 0.2) is 11.5 Å². The summed E-state index contributed by atoms with van der Waals surface area (Å²) in [5.74, 6) is 2.50. The van der Waals surface area contributed by atoms with Crippen LogP contribution in [0.5, 0.6) is 11.5 Å². The van der Waals surface area contributed by atoms with E-state index >= 15 is 0 Å². The number of nitrogens with two attached hydrogens (primary N) is 1. The van der Waals surface area contributed by atoms with Gasteiger partial charge in [0.1, 0.15) is 0 Å². The number of thioether (sulfide) groups is 1. The van der Waals surface area contributed by atoms with Crippen LogP contribution in [0, 0.1) is 0 Å². The van der Waals surface area contributed by atoms with E-state index in [-0.39, 0.29) is 0 Å². The van der Waals surface area contributed by atoms with Crippen molar-refractivity contribution in [2.24, 2.45) is 5.73 Å². The van der Waals surface area contributed by atoms with Crippen molar-refractivity contribution in [3.05, 3.63) is 54.1 Å². The third kappa shape index (κ3) is 4.99. The van der Waals surface area contributed by atoms with Crippen molar-refractivity contribution in [2.75, 3.05) is 19.0 Å². The molecular weight excluding hydrogens is 282 g/mol. The van der Waals surface area contributed by atoms with E-state index in [1.807, 2.05) is 31.2 Å². The van der Waals surface area contributed by atoms with Crippen molar-refractivity contribution in [1.82, 2.24) is 0 Å². The summed E-state index contributed by atoms with van der Waals surface area (Å²) in [4.78, 5) is 1.23. The van der Waals surface area contributed by atoms with Crippen molar-refractivity contribution in [1.29, 1.82) is 0 Å². The number of ether oxygens (including phenoxy) is 2. The van der Waals surface area contributed by atoms with Gasteiger partial charge in [-0.2, -0.15) is 0 Å². The molecule has 0 heterocycles. The molecule has 21 heavy (non-hydrogen) atoms. The Morgan fingerprint density at radius 1 is 0.952 bits per heavy atom. The van der Waals surface area contributed by atoms with Gasteiger partial charge in [-0.05, 0) is 36.8 Å². The zero-order valence-electron chi connectivity index (χ0n) is 12.2. The summed E-state index contributed by atoms with van der Waals surface area (Å²) in [6.45, 7) is 3.84. The van der Waals surface area contributed by atoms with Gasteiger partial charge in [-0.3, -0.25) is 0 Å². The fourth-order valence-corrected chi connectivity index (χ4v) is 2.61. The quantitative estimate of drug-likeness (QED) is 0.596. The lowest BCUT2D eigenvalue weighted by Gasteiger charge is -2.11. The molecule has 0 saturated carbocycles. The molecule has 0 saturated heterocycles. The van der Waals surface area contributed by atoms with Crippen molar-refractivity contribution >= 4 is 11.8 Å². The minimum atomic E-state index is 0.586. The standard InChI is InChI=1S/C17H21NO2S/c1-2-19-16-5-3-4-6-17(16)20-11-12-21-15-9-7-14(13-18)8-10-15/h3-10H,2,11-13,18H2,1H3. The number of rotatable bonds is 8. The number of hydrogen-bond donors (Lipinski definition) is 1. The summed E-state index contributed by atoms with van der Waals surface area (Å²) in [6.07, 6.45) is 0. The van der Waals surface area contributed by atoms with Gasteiger partial charge in [0, 0.05) is 17.2 Å². The summed E-state index contributed by atoms with van der Waals surface area (Å²) in [5.41, 5.74) is 6.74. The SMILES string of the molecule is CCOc1ccccc1OCCSc1ccc(CN)cc1. The number of hydrogen-bond acceptors (Lipinski definition) is 4. The molecular formula is C17H21NO2S. The van der Waals surface area contributed by atoms with E-state index in [0.29, 0.717) is 19.8 Å². The maximum atomic E-state index is 5.79. The molecule has 2 aromatic rings. The molecule has 0 aliphatic carbocycles. The maximum absolute atomic E-state index is 5.79. The van der Waals surface area contributed by atoms with Gasteiger partial charge >= 0.3 is 0 Å². The minimum absolute atomic E-state index is 0.586. The van der Waals surface area contributed by atoms with Crippen molar-refractivity contribution in [2.45, 2.75) is 18.4 Å². The molecule has 0 atom stereocenters. The lowest BCUT2D eigenvalue weighted by molar-refractivity contribution is 0.289. The largest absolute Gasteiger partial charge is 0.490 e. The zero-order valence-corrected chi connectivity index (χ0v) is 13.1. The molecule has 3 nitrogen and oxygen atoms in total. The fourth-order valence-electron chi connectivity index (χ4n) is 1.88. The second-order valence-electron chi connectivity index (χ2n) is 4.42. The van der Waals surface area contributed by atoms with E-state index in [1.54, 1.807) is 11.8 Å². The molecule has 0 aliphatic heterocycles. The lowest BCUT2D eigenvalue weighted by Crippen LogP contribution is -2.02. The number of benzene rings is 2. The van der Waals surface area contributed by atoms with Crippen molar-refractivity contribution < 1.29 is 9.47 Å². The molecule has 0 unspecified atom stereocenters. The van der Waals surface area contributed by atoms with E-state index in [0.717, 1.165) is 22.8 Å². The van der Waals surface area contributed by atoms with E-state index in [4.69, 9.17) is 15.2 Å². The maximum Gasteiger partial charge on any atom is 0.161 e. The normalized spacial score (nSPS) is 10.4. The molecule has 2 N–H and O–H groups in total. The van der Waals surface area contributed by atoms with Crippen LogP contribution >= 0.6 is 11.8 Å². The summed E-state index contributed by atoms with van der Waals surface area (Å²) in [7, 11) is 0. The number of para-hydroxylation sites is 2. The van der Waals surface area contributed by atoms with Crippen LogP contribution in [0.4, 0.5) is 0 Å². The molecule has 0 amide bonds. The van der Waals surface area contributed by atoms with Crippen LogP contribution in [0.25, 0.3) is 0 Å². The second-order valence-corrected chi connectivity index (χ2v) is 5.59. The zero-order chi connectivity index (χ0) is 14.9. The van der Waals surface area contributed by atoms with Gasteiger partial charge < -0.3 is 15.2 Å². The Balaban J connectivity index is 1.79. The first kappa shape index (κ1) is 15.7. The lowest BCUT2D eigenvalue weighted by atomic mass is 10.2. The van der Waals surface area contributed by atoms with Crippen LogP contribution in [0.15, 0.2) is 53.4 Å². The molecule has 2 rings (SSSR count). The average Bonchev–Trinajstić information content (AvgIpc) is 2.54. The monoisotopic (exact) mass is 303 g/mol. The van der Waals surface area contributed by atoms with Gasteiger partial charge in [-0.25, -0.2) is 0 Å². The highest BCUT2D eigenvalue weighted by Crippen LogP contribution is 2.27. The highest BCUT2D eigenvalue weighted by Gasteiger charge is 2.03. The van der Waals surface area contributed by atoms with Crippen molar-refractivity contribution in [3.8, 4) is 11.5 Å². The Hall–Kier alpha value is -1.65. The third-order valence-corrected chi connectivity index (χ3v) is 3.89. The van der Waals surface area contributed by atoms with E-state index in [9.17, 15) is 0 Å². The van der Waals surface area contributed by atoms with Crippen LogP contribution < -0.4 is 15.2 Å². The first-order valence-electron chi connectivity index (χ1n) is 7.10. The minimum Gasteiger partial charge on any atom is -0.490 e.